The molecule has 1 aromatic carbocycles. The number of fused-ring (bicyclic) bond motifs is 1. The maximum absolute atomic E-state index is 12.7. The molecule has 2 rings (SSSR count). The second-order valence-corrected chi connectivity index (χ2v) is 7.54. The van der Waals surface area contributed by atoms with Crippen molar-refractivity contribution in [3.63, 3.8) is 0 Å². The minimum absolute atomic E-state index is 0.0201. The number of ketones is 3. The van der Waals surface area contributed by atoms with Crippen LogP contribution in [0.1, 0.15) is 55.5 Å². The number of hydrogen-bond donors (Lipinski definition) is 1. The summed E-state index contributed by atoms with van der Waals surface area (Å²) >= 11 is 0. The van der Waals surface area contributed by atoms with Gasteiger partial charge in [-0.05, 0) is 43.7 Å². The second kappa shape index (κ2) is 9.93. The molecule has 10 heteroatoms. The minimum Gasteiger partial charge on any atom is -0.507 e. The fourth-order valence-corrected chi connectivity index (χ4v) is 3.10. The molecule has 1 aromatic rings. The summed E-state index contributed by atoms with van der Waals surface area (Å²) in [6.45, 7) is 1.67. The number of halogens is 3. The number of phenolic OH excluding ortho intramolecular Hbond substituents is 1. The zero-order chi connectivity index (χ0) is 23.3. The normalized spacial score (nSPS) is 21.8. The Hall–Kier alpha value is -2.91. The number of phenols is 1. The van der Waals surface area contributed by atoms with E-state index in [9.17, 15) is 37.5 Å². The Morgan fingerprint density at radius 2 is 1.71 bits per heavy atom. The maximum atomic E-state index is 12.7. The van der Waals surface area contributed by atoms with Crippen molar-refractivity contribution in [1.82, 2.24) is 0 Å². The SMILES string of the molecule is C[C@@H]1CCC(=O)C(=O)C(=O)CCCc2cc(OCC(F)(F)F)cc(O)c2C(=O)O[C@H]1C. The van der Waals surface area contributed by atoms with Gasteiger partial charge in [-0.3, -0.25) is 14.4 Å². The molecule has 1 aliphatic heterocycles. The number of Topliss-reactive ketones (excluding diaryl/α,β-unsaturated/α-hetero) is 3. The number of carbonyl (C=O) groups is 4. The van der Waals surface area contributed by atoms with E-state index in [1.807, 2.05) is 0 Å². The van der Waals surface area contributed by atoms with E-state index in [1.54, 1.807) is 13.8 Å². The number of hydrogen-bond acceptors (Lipinski definition) is 7. The van der Waals surface area contributed by atoms with Crippen molar-refractivity contribution in [2.45, 2.75) is 58.2 Å². The molecule has 0 spiro atoms. The van der Waals surface area contributed by atoms with E-state index in [0.717, 1.165) is 12.1 Å². The molecule has 31 heavy (non-hydrogen) atoms. The molecule has 0 amide bonds. The third kappa shape index (κ3) is 6.80. The van der Waals surface area contributed by atoms with E-state index >= 15 is 0 Å². The number of esters is 1. The largest absolute Gasteiger partial charge is 0.507 e. The highest BCUT2D eigenvalue weighted by atomic mass is 19.4. The first kappa shape index (κ1) is 24.4. The summed E-state index contributed by atoms with van der Waals surface area (Å²) in [6, 6.07) is 2.04. The van der Waals surface area contributed by atoms with E-state index in [2.05, 4.69) is 4.74 Å². The van der Waals surface area contributed by atoms with E-state index in [1.165, 1.54) is 0 Å². The standard InChI is InChI=1S/C21H23F3O7/c1-11-6-7-16(26)19(28)15(25)5-3-4-13-8-14(30-10-21(22,23)24)9-17(27)18(13)20(29)31-12(11)2/h8-9,11-12,27H,3-7,10H2,1-2H3/t11-,12+/m1/s1. The van der Waals surface area contributed by atoms with Crippen LogP contribution in [0.4, 0.5) is 13.2 Å². The van der Waals surface area contributed by atoms with Crippen molar-refractivity contribution in [3.05, 3.63) is 23.3 Å². The number of aryl methyl sites for hydroxylation is 1. The molecule has 0 saturated carbocycles. The molecule has 2 atom stereocenters. The highest BCUT2D eigenvalue weighted by Gasteiger charge is 2.30. The fourth-order valence-electron chi connectivity index (χ4n) is 3.10. The lowest BCUT2D eigenvalue weighted by Gasteiger charge is -2.22. The molecule has 0 fully saturated rings. The van der Waals surface area contributed by atoms with Gasteiger partial charge in [-0.1, -0.05) is 6.92 Å². The van der Waals surface area contributed by atoms with Crippen LogP contribution in [0.3, 0.4) is 0 Å². The van der Waals surface area contributed by atoms with Crippen molar-refractivity contribution in [3.8, 4) is 11.5 Å². The number of alkyl halides is 3. The third-order valence-electron chi connectivity index (χ3n) is 5.06. The Kier molecular flexibility index (Phi) is 7.80. The van der Waals surface area contributed by atoms with Crippen LogP contribution < -0.4 is 4.74 Å². The summed E-state index contributed by atoms with van der Waals surface area (Å²) in [5.74, 6) is -4.95. The van der Waals surface area contributed by atoms with Gasteiger partial charge in [0.25, 0.3) is 5.78 Å². The predicted octanol–water partition coefficient (Wildman–Crippen LogP) is 3.34. The number of rotatable bonds is 2. The van der Waals surface area contributed by atoms with E-state index in [-0.39, 0.29) is 54.9 Å². The number of carbonyl (C=O) groups excluding carboxylic acids is 4. The number of aromatic hydroxyl groups is 1. The molecule has 0 unspecified atom stereocenters. The molecule has 0 saturated heterocycles. The van der Waals surface area contributed by atoms with Gasteiger partial charge in [-0.2, -0.15) is 13.2 Å². The maximum Gasteiger partial charge on any atom is 0.422 e. The lowest BCUT2D eigenvalue weighted by Crippen LogP contribution is -2.27. The highest BCUT2D eigenvalue weighted by molar-refractivity contribution is 6.63. The van der Waals surface area contributed by atoms with Gasteiger partial charge >= 0.3 is 12.1 Å². The fraction of sp³-hybridized carbons (Fsp3) is 0.524. The monoisotopic (exact) mass is 444 g/mol. The Bertz CT molecular complexity index is 876. The molecular formula is C21H23F3O7. The number of cyclic esters (lactones) is 1. The summed E-state index contributed by atoms with van der Waals surface area (Å²) in [6.07, 6.45) is -5.57. The van der Waals surface area contributed by atoms with Crippen LogP contribution in [0.15, 0.2) is 12.1 Å². The quantitative estimate of drug-likeness (QED) is 0.551. The Morgan fingerprint density at radius 3 is 2.35 bits per heavy atom. The van der Waals surface area contributed by atoms with Crippen LogP contribution in [0.25, 0.3) is 0 Å². The Morgan fingerprint density at radius 1 is 1.06 bits per heavy atom. The lowest BCUT2D eigenvalue weighted by atomic mass is 9.94. The molecule has 7 nitrogen and oxygen atoms in total. The molecular weight excluding hydrogens is 421 g/mol. The van der Waals surface area contributed by atoms with Crippen molar-refractivity contribution < 1.29 is 46.9 Å². The van der Waals surface area contributed by atoms with E-state index in [4.69, 9.17) is 4.74 Å². The number of benzene rings is 1. The first-order valence-corrected chi connectivity index (χ1v) is 9.75. The molecule has 0 aromatic heterocycles. The van der Waals surface area contributed by atoms with Gasteiger partial charge in [-0.25, -0.2) is 4.79 Å². The molecule has 170 valence electrons. The number of ether oxygens (including phenoxy) is 2. The molecule has 0 aliphatic carbocycles. The Labute approximate surface area is 176 Å². The average Bonchev–Trinajstić information content (AvgIpc) is 2.67. The average molecular weight is 444 g/mol. The minimum atomic E-state index is -4.61. The van der Waals surface area contributed by atoms with Gasteiger partial charge in [-0.15, -0.1) is 0 Å². The van der Waals surface area contributed by atoms with Crippen LogP contribution in [0, 0.1) is 5.92 Å². The van der Waals surface area contributed by atoms with Gasteiger partial charge in [0.15, 0.2) is 6.61 Å². The molecule has 0 radical (unpaired) electrons. The van der Waals surface area contributed by atoms with Gasteiger partial charge in [0.1, 0.15) is 23.2 Å². The second-order valence-electron chi connectivity index (χ2n) is 7.54. The van der Waals surface area contributed by atoms with Gasteiger partial charge in [0, 0.05) is 18.9 Å². The van der Waals surface area contributed by atoms with Crippen molar-refractivity contribution in [2.75, 3.05) is 6.61 Å². The molecule has 1 aliphatic rings. The van der Waals surface area contributed by atoms with Crippen LogP contribution in [0.2, 0.25) is 0 Å². The van der Waals surface area contributed by atoms with Crippen molar-refractivity contribution >= 4 is 23.3 Å². The van der Waals surface area contributed by atoms with Gasteiger partial charge in [0.05, 0.1) is 0 Å². The van der Waals surface area contributed by atoms with Crippen molar-refractivity contribution in [1.29, 1.82) is 0 Å². The van der Waals surface area contributed by atoms with Gasteiger partial charge in [0.2, 0.25) is 11.6 Å². The summed E-state index contributed by atoms with van der Waals surface area (Å²) in [4.78, 5) is 48.5. The zero-order valence-corrected chi connectivity index (χ0v) is 17.1. The van der Waals surface area contributed by atoms with E-state index in [0.29, 0.717) is 0 Å². The highest BCUT2D eigenvalue weighted by Crippen LogP contribution is 2.32. The lowest BCUT2D eigenvalue weighted by molar-refractivity contribution is -0.153. The first-order chi connectivity index (χ1) is 14.4. The van der Waals surface area contributed by atoms with Crippen LogP contribution in [-0.2, 0) is 25.5 Å². The summed E-state index contributed by atoms with van der Waals surface area (Å²) in [5, 5.41) is 10.3. The van der Waals surface area contributed by atoms with Gasteiger partial charge < -0.3 is 14.6 Å². The smallest absolute Gasteiger partial charge is 0.422 e. The molecule has 0 bridgehead atoms. The summed E-state index contributed by atoms with van der Waals surface area (Å²) in [5.41, 5.74) is -0.143. The summed E-state index contributed by atoms with van der Waals surface area (Å²) in [7, 11) is 0. The van der Waals surface area contributed by atoms with Crippen LogP contribution in [-0.4, -0.2) is 47.3 Å². The molecule has 1 heterocycles. The summed E-state index contributed by atoms with van der Waals surface area (Å²) < 4.78 is 47.4. The van der Waals surface area contributed by atoms with Crippen molar-refractivity contribution in [2.24, 2.45) is 5.92 Å². The Balaban J connectivity index is 2.38. The first-order valence-electron chi connectivity index (χ1n) is 9.75. The molecule has 1 N–H and O–H groups in total. The predicted molar refractivity (Wildman–Crippen MR) is 101 cm³/mol. The zero-order valence-electron chi connectivity index (χ0n) is 17.1. The third-order valence-corrected chi connectivity index (χ3v) is 5.06. The van der Waals surface area contributed by atoms with Crippen LogP contribution >= 0.6 is 0 Å². The topological polar surface area (TPSA) is 107 Å². The van der Waals surface area contributed by atoms with Crippen LogP contribution in [0.5, 0.6) is 11.5 Å². The van der Waals surface area contributed by atoms with E-state index < -0.39 is 48.0 Å².